The number of hydrogen-bond donors (Lipinski definition) is 0. The van der Waals surface area contributed by atoms with E-state index in [0.29, 0.717) is 11.9 Å². The summed E-state index contributed by atoms with van der Waals surface area (Å²) in [5, 5.41) is 0. The van der Waals surface area contributed by atoms with Crippen molar-refractivity contribution in [3.63, 3.8) is 0 Å². The lowest BCUT2D eigenvalue weighted by atomic mass is 10.1. The second-order valence-corrected chi connectivity index (χ2v) is 3.68. The number of carbonyl (C=O) groups excluding carboxylic acids is 1. The summed E-state index contributed by atoms with van der Waals surface area (Å²) < 4.78 is 0. The monoisotopic (exact) mass is 165 g/mol. The van der Waals surface area contributed by atoms with Gasteiger partial charge in [0.25, 0.3) is 0 Å². The van der Waals surface area contributed by atoms with Gasteiger partial charge in [-0.1, -0.05) is 25.5 Å². The summed E-state index contributed by atoms with van der Waals surface area (Å²) in [5.74, 6) is 0.586. The van der Waals surface area contributed by atoms with E-state index in [2.05, 4.69) is 19.1 Å². The van der Waals surface area contributed by atoms with E-state index < -0.39 is 0 Å². The van der Waals surface area contributed by atoms with Crippen molar-refractivity contribution in [3.05, 3.63) is 12.2 Å². The molecule has 12 heavy (non-hydrogen) atoms. The minimum Gasteiger partial charge on any atom is -0.336 e. The molecule has 1 fully saturated rings. The van der Waals surface area contributed by atoms with Crippen LogP contribution in [0.4, 0.5) is 0 Å². The molecule has 2 unspecified atom stereocenters. The number of amides is 1. The van der Waals surface area contributed by atoms with Crippen LogP contribution in [-0.4, -0.2) is 23.4 Å². The molecule has 0 saturated carbocycles. The molecule has 2 heteroatoms. The Morgan fingerprint density at radius 2 is 2.42 bits per heavy atom. The van der Waals surface area contributed by atoms with Crippen molar-refractivity contribution in [1.29, 1.82) is 0 Å². The van der Waals surface area contributed by atoms with Gasteiger partial charge in [0.15, 0.2) is 0 Å². The van der Waals surface area contributed by atoms with E-state index in [1.165, 1.54) is 6.42 Å². The third-order valence-corrected chi connectivity index (χ3v) is 2.81. The predicted molar refractivity (Wildman–Crippen MR) is 47.7 cm³/mol. The summed E-state index contributed by atoms with van der Waals surface area (Å²) in [6.07, 6.45) is 7.60. The number of likely N-dealkylation sites (tertiary alicyclic amines) is 1. The molecule has 1 saturated heterocycles. The van der Waals surface area contributed by atoms with Crippen molar-refractivity contribution < 1.29 is 4.79 Å². The van der Waals surface area contributed by atoms with E-state index in [1.807, 2.05) is 4.90 Å². The van der Waals surface area contributed by atoms with Crippen LogP contribution in [0, 0.1) is 5.92 Å². The Morgan fingerprint density at radius 1 is 1.58 bits per heavy atom. The molecule has 0 aromatic rings. The first-order chi connectivity index (χ1) is 5.83. The van der Waals surface area contributed by atoms with Gasteiger partial charge in [-0.2, -0.15) is 0 Å². The third-order valence-electron chi connectivity index (χ3n) is 2.81. The molecule has 2 bridgehead atoms. The van der Waals surface area contributed by atoms with Crippen molar-refractivity contribution in [2.45, 2.75) is 32.2 Å². The summed E-state index contributed by atoms with van der Waals surface area (Å²) in [4.78, 5) is 13.6. The van der Waals surface area contributed by atoms with Gasteiger partial charge in [0, 0.05) is 6.54 Å². The quantitative estimate of drug-likeness (QED) is 0.581. The smallest absolute Gasteiger partial charge is 0.230 e. The maximum absolute atomic E-state index is 11.5. The highest BCUT2D eigenvalue weighted by Crippen LogP contribution is 2.32. The lowest BCUT2D eigenvalue weighted by Gasteiger charge is -2.23. The lowest BCUT2D eigenvalue weighted by Crippen LogP contribution is -2.35. The summed E-state index contributed by atoms with van der Waals surface area (Å²) in [6.45, 7) is 3.12. The minimum atomic E-state index is 0.229. The Morgan fingerprint density at radius 3 is 3.00 bits per heavy atom. The first-order valence-corrected chi connectivity index (χ1v) is 4.81. The Labute approximate surface area is 73.2 Å². The van der Waals surface area contributed by atoms with Crippen molar-refractivity contribution in [2.75, 3.05) is 6.54 Å². The van der Waals surface area contributed by atoms with E-state index in [-0.39, 0.29) is 5.92 Å². The Kier molecular flexibility index (Phi) is 1.91. The van der Waals surface area contributed by atoms with Gasteiger partial charge in [-0.15, -0.1) is 0 Å². The molecule has 1 aliphatic heterocycles. The normalized spacial score (nSPS) is 32.1. The van der Waals surface area contributed by atoms with E-state index in [0.717, 1.165) is 19.4 Å². The van der Waals surface area contributed by atoms with Gasteiger partial charge >= 0.3 is 0 Å². The van der Waals surface area contributed by atoms with Crippen LogP contribution >= 0.6 is 0 Å². The molecule has 1 heterocycles. The predicted octanol–water partition coefficient (Wildman–Crippen LogP) is 1.57. The van der Waals surface area contributed by atoms with Gasteiger partial charge in [0.05, 0.1) is 12.0 Å². The summed E-state index contributed by atoms with van der Waals surface area (Å²) in [6, 6.07) is 0.439. The van der Waals surface area contributed by atoms with Crippen molar-refractivity contribution in [2.24, 2.45) is 5.92 Å². The number of hydrogen-bond acceptors (Lipinski definition) is 1. The largest absolute Gasteiger partial charge is 0.336 e. The van der Waals surface area contributed by atoms with Crippen LogP contribution < -0.4 is 0 Å². The topological polar surface area (TPSA) is 20.3 Å². The number of nitrogens with zero attached hydrogens (tertiary/aromatic N) is 1. The number of rotatable bonds is 3. The zero-order valence-electron chi connectivity index (χ0n) is 7.49. The average Bonchev–Trinajstić information content (AvgIpc) is 2.62. The van der Waals surface area contributed by atoms with Crippen molar-refractivity contribution >= 4 is 5.91 Å². The van der Waals surface area contributed by atoms with Gasteiger partial charge in [-0.25, -0.2) is 0 Å². The fourth-order valence-electron chi connectivity index (χ4n) is 2.07. The van der Waals surface area contributed by atoms with E-state index in [9.17, 15) is 4.79 Å². The lowest BCUT2D eigenvalue weighted by molar-refractivity contribution is -0.131. The molecule has 0 radical (unpaired) electrons. The molecule has 2 rings (SSSR count). The average molecular weight is 165 g/mol. The van der Waals surface area contributed by atoms with Crippen molar-refractivity contribution in [3.8, 4) is 0 Å². The summed E-state index contributed by atoms with van der Waals surface area (Å²) >= 11 is 0. The summed E-state index contributed by atoms with van der Waals surface area (Å²) in [7, 11) is 0. The van der Waals surface area contributed by atoms with Crippen LogP contribution in [0.15, 0.2) is 12.2 Å². The van der Waals surface area contributed by atoms with Crippen LogP contribution in [-0.2, 0) is 4.79 Å². The molecule has 0 aromatic carbocycles. The molecular weight excluding hydrogens is 150 g/mol. The summed E-state index contributed by atoms with van der Waals surface area (Å²) in [5.41, 5.74) is 0. The SMILES string of the molecule is CCCCN1C(=O)C2C=CC1C2. The maximum atomic E-state index is 11.5. The molecule has 2 aliphatic rings. The highest BCUT2D eigenvalue weighted by molar-refractivity contribution is 5.85. The van der Waals surface area contributed by atoms with Gasteiger partial charge in [0.1, 0.15) is 0 Å². The van der Waals surface area contributed by atoms with Crippen LogP contribution in [0.2, 0.25) is 0 Å². The molecule has 1 aliphatic carbocycles. The molecule has 66 valence electrons. The molecule has 1 amide bonds. The Hall–Kier alpha value is -0.790. The first-order valence-electron chi connectivity index (χ1n) is 4.81. The maximum Gasteiger partial charge on any atom is 0.230 e. The number of carbonyl (C=O) groups is 1. The molecular formula is C10H15NO. The Bertz CT molecular complexity index is 222. The highest BCUT2D eigenvalue weighted by Gasteiger charge is 2.39. The number of fused-ring (bicyclic) bond motifs is 2. The molecule has 0 spiro atoms. The molecule has 2 atom stereocenters. The van der Waals surface area contributed by atoms with Gasteiger partial charge < -0.3 is 4.90 Å². The highest BCUT2D eigenvalue weighted by atomic mass is 16.2. The molecule has 0 aromatic heterocycles. The van der Waals surface area contributed by atoms with Gasteiger partial charge in [0.2, 0.25) is 5.91 Å². The van der Waals surface area contributed by atoms with Crippen LogP contribution in [0.1, 0.15) is 26.2 Å². The first kappa shape index (κ1) is 7.84. The minimum absolute atomic E-state index is 0.229. The standard InChI is InChI=1S/C10H15NO/c1-2-3-6-11-9-5-4-8(7-9)10(11)12/h4-5,8-9H,2-3,6-7H2,1H3. The zero-order valence-corrected chi connectivity index (χ0v) is 7.49. The van der Waals surface area contributed by atoms with E-state index >= 15 is 0 Å². The van der Waals surface area contributed by atoms with Crippen LogP contribution in [0.25, 0.3) is 0 Å². The second kappa shape index (κ2) is 2.92. The fourth-order valence-corrected chi connectivity index (χ4v) is 2.07. The van der Waals surface area contributed by atoms with Crippen LogP contribution in [0.3, 0.4) is 0 Å². The van der Waals surface area contributed by atoms with E-state index in [4.69, 9.17) is 0 Å². The van der Waals surface area contributed by atoms with E-state index in [1.54, 1.807) is 0 Å². The van der Waals surface area contributed by atoms with Crippen molar-refractivity contribution in [1.82, 2.24) is 4.90 Å². The second-order valence-electron chi connectivity index (χ2n) is 3.68. The third kappa shape index (κ3) is 1.06. The van der Waals surface area contributed by atoms with Gasteiger partial charge in [-0.05, 0) is 12.8 Å². The van der Waals surface area contributed by atoms with Crippen LogP contribution in [0.5, 0.6) is 0 Å². The fraction of sp³-hybridized carbons (Fsp3) is 0.700. The molecule has 0 N–H and O–H groups in total. The zero-order chi connectivity index (χ0) is 8.55. The van der Waals surface area contributed by atoms with Gasteiger partial charge in [-0.3, -0.25) is 4.79 Å². The molecule has 2 nitrogen and oxygen atoms in total. The number of unbranched alkanes of at least 4 members (excludes halogenated alkanes) is 1. The Balaban J connectivity index is 1.99.